The van der Waals surface area contributed by atoms with Crippen LogP contribution in [0.15, 0.2) is 17.2 Å². The van der Waals surface area contributed by atoms with Gasteiger partial charge in [0.1, 0.15) is 20.0 Å². The van der Waals surface area contributed by atoms with Crippen LogP contribution in [0.3, 0.4) is 0 Å². The highest BCUT2D eigenvalue weighted by atomic mass is 35.5. The van der Waals surface area contributed by atoms with Crippen LogP contribution in [0.2, 0.25) is 5.15 Å². The Labute approximate surface area is 107 Å². The van der Waals surface area contributed by atoms with Crippen molar-refractivity contribution in [2.75, 3.05) is 17.8 Å². The lowest BCUT2D eigenvalue weighted by Gasteiger charge is -2.01. The molecule has 9 heteroatoms. The number of aromatic nitrogens is 1. The molecule has 0 saturated heterocycles. The first kappa shape index (κ1) is 14.2. The number of thioether (sulfide) groups is 1. The van der Waals surface area contributed by atoms with Crippen molar-refractivity contribution in [2.24, 2.45) is 0 Å². The molecule has 1 aromatic rings. The summed E-state index contributed by atoms with van der Waals surface area (Å²) in [5, 5.41) is 10.9. The van der Waals surface area contributed by atoms with Crippen molar-refractivity contribution in [2.45, 2.75) is 5.03 Å². The maximum atomic E-state index is 10.9. The summed E-state index contributed by atoms with van der Waals surface area (Å²) in [6, 6.07) is 2.40. The fraction of sp³-hybridized carbons (Fsp3) is 0.375. The summed E-state index contributed by atoms with van der Waals surface area (Å²) in [7, 11) is -3.05. The van der Waals surface area contributed by atoms with Crippen LogP contribution in [-0.2, 0) is 9.84 Å². The zero-order chi connectivity index (χ0) is 13.1. The van der Waals surface area contributed by atoms with E-state index in [9.17, 15) is 18.5 Å². The molecule has 0 unspecified atom stereocenters. The standard InChI is InChI=1S/C8H9ClN2O4S2/c1-17(14,15)3-2-16-8-5-6(11(12)13)4-7(9)10-8/h4-5H,2-3H2,1H3. The minimum absolute atomic E-state index is 0.0142. The second-order valence-corrected chi connectivity index (χ2v) is 6.98. The molecular weight excluding hydrogens is 288 g/mol. The summed E-state index contributed by atoms with van der Waals surface area (Å²) in [4.78, 5) is 13.8. The molecule has 0 N–H and O–H groups in total. The number of sulfone groups is 1. The number of rotatable bonds is 5. The Morgan fingerprint density at radius 3 is 2.71 bits per heavy atom. The van der Waals surface area contributed by atoms with Gasteiger partial charge in [-0.05, 0) is 0 Å². The van der Waals surface area contributed by atoms with Gasteiger partial charge in [-0.15, -0.1) is 11.8 Å². The van der Waals surface area contributed by atoms with Gasteiger partial charge in [-0.1, -0.05) is 11.6 Å². The van der Waals surface area contributed by atoms with Gasteiger partial charge in [-0.3, -0.25) is 10.1 Å². The Morgan fingerprint density at radius 1 is 1.53 bits per heavy atom. The predicted octanol–water partition coefficient (Wildman–Crippen LogP) is 1.78. The predicted molar refractivity (Wildman–Crippen MR) is 66.3 cm³/mol. The third kappa shape index (κ3) is 5.33. The number of nitrogens with zero attached hydrogens (tertiary/aromatic N) is 2. The van der Waals surface area contributed by atoms with Crippen molar-refractivity contribution in [1.82, 2.24) is 4.98 Å². The van der Waals surface area contributed by atoms with Gasteiger partial charge in [0.2, 0.25) is 0 Å². The first-order valence-electron chi connectivity index (χ1n) is 4.40. The molecule has 1 heterocycles. The van der Waals surface area contributed by atoms with Gasteiger partial charge in [0.25, 0.3) is 5.69 Å². The molecule has 6 nitrogen and oxygen atoms in total. The maximum absolute atomic E-state index is 10.9. The van der Waals surface area contributed by atoms with Crippen LogP contribution < -0.4 is 0 Å². The quantitative estimate of drug-likeness (QED) is 0.356. The second kappa shape index (κ2) is 5.65. The van der Waals surface area contributed by atoms with Crippen molar-refractivity contribution in [1.29, 1.82) is 0 Å². The summed E-state index contributed by atoms with van der Waals surface area (Å²) >= 11 is 6.73. The van der Waals surface area contributed by atoms with E-state index < -0.39 is 14.8 Å². The first-order chi connectivity index (χ1) is 7.78. The summed E-state index contributed by atoms with van der Waals surface area (Å²) in [6.45, 7) is 0. The summed E-state index contributed by atoms with van der Waals surface area (Å²) < 4.78 is 21.8. The Hall–Kier alpha value is -0.860. The highest BCUT2D eigenvalue weighted by molar-refractivity contribution is 8.00. The number of halogens is 1. The number of hydrogen-bond donors (Lipinski definition) is 0. The molecule has 0 atom stereocenters. The largest absolute Gasteiger partial charge is 0.275 e. The number of nitro groups is 1. The van der Waals surface area contributed by atoms with Crippen molar-refractivity contribution >= 4 is 38.9 Å². The van der Waals surface area contributed by atoms with Crippen LogP contribution in [0.25, 0.3) is 0 Å². The van der Waals surface area contributed by atoms with Crippen molar-refractivity contribution in [3.05, 3.63) is 27.4 Å². The SMILES string of the molecule is CS(=O)(=O)CCSc1cc([N+](=O)[O-])cc(Cl)n1. The lowest BCUT2D eigenvalue weighted by Crippen LogP contribution is -2.05. The Kier molecular flexibility index (Phi) is 4.72. The van der Waals surface area contributed by atoms with E-state index >= 15 is 0 Å². The van der Waals surface area contributed by atoms with Gasteiger partial charge in [0, 0.05) is 18.1 Å². The third-order valence-electron chi connectivity index (χ3n) is 1.67. The lowest BCUT2D eigenvalue weighted by atomic mass is 10.4. The normalized spacial score (nSPS) is 11.4. The van der Waals surface area contributed by atoms with Crippen LogP contribution in [-0.4, -0.2) is 36.1 Å². The van der Waals surface area contributed by atoms with Crippen LogP contribution in [0, 0.1) is 10.1 Å². The molecule has 0 aliphatic heterocycles. The van der Waals surface area contributed by atoms with Crippen LogP contribution >= 0.6 is 23.4 Å². The molecule has 0 fully saturated rings. The lowest BCUT2D eigenvalue weighted by molar-refractivity contribution is -0.385. The molecule has 0 amide bonds. The van der Waals surface area contributed by atoms with Gasteiger partial charge in [0.15, 0.2) is 0 Å². The Morgan fingerprint density at radius 2 is 2.18 bits per heavy atom. The van der Waals surface area contributed by atoms with E-state index in [-0.39, 0.29) is 22.3 Å². The van der Waals surface area contributed by atoms with E-state index in [1.54, 1.807) is 0 Å². The fourth-order valence-electron chi connectivity index (χ4n) is 0.937. The van der Waals surface area contributed by atoms with E-state index in [2.05, 4.69) is 4.98 Å². The molecule has 0 bridgehead atoms. The molecule has 0 aliphatic carbocycles. The molecule has 17 heavy (non-hydrogen) atoms. The Bertz CT molecular complexity index is 532. The summed E-state index contributed by atoms with van der Waals surface area (Å²) in [5.74, 6) is 0.267. The minimum Gasteiger partial charge on any atom is -0.258 e. The van der Waals surface area contributed by atoms with Crippen molar-refractivity contribution in [3.8, 4) is 0 Å². The summed E-state index contributed by atoms with van der Waals surface area (Å²) in [5.41, 5.74) is -0.160. The van der Waals surface area contributed by atoms with E-state index in [1.165, 1.54) is 6.07 Å². The van der Waals surface area contributed by atoms with Crippen molar-refractivity contribution < 1.29 is 13.3 Å². The Balaban J connectivity index is 2.75. The van der Waals surface area contributed by atoms with Gasteiger partial charge in [0.05, 0.1) is 16.7 Å². The molecule has 0 aromatic carbocycles. The molecule has 0 saturated carbocycles. The van der Waals surface area contributed by atoms with Crippen molar-refractivity contribution in [3.63, 3.8) is 0 Å². The van der Waals surface area contributed by atoms with E-state index in [1.807, 2.05) is 0 Å². The van der Waals surface area contributed by atoms with Gasteiger partial charge in [-0.2, -0.15) is 0 Å². The smallest absolute Gasteiger partial charge is 0.258 e. The first-order valence-corrected chi connectivity index (χ1v) is 7.83. The highest BCUT2D eigenvalue weighted by Gasteiger charge is 2.11. The number of hydrogen-bond acceptors (Lipinski definition) is 6. The van der Waals surface area contributed by atoms with Crippen LogP contribution in [0.1, 0.15) is 0 Å². The molecule has 1 rings (SSSR count). The van der Waals surface area contributed by atoms with Crippen LogP contribution in [0.5, 0.6) is 0 Å². The zero-order valence-electron chi connectivity index (χ0n) is 8.79. The fourth-order valence-corrected chi connectivity index (χ4v) is 3.31. The average Bonchev–Trinajstić information content (AvgIpc) is 2.14. The van der Waals surface area contributed by atoms with E-state index in [0.717, 1.165) is 24.1 Å². The molecule has 1 aromatic heterocycles. The van der Waals surface area contributed by atoms with E-state index in [4.69, 9.17) is 11.6 Å². The molecule has 94 valence electrons. The van der Waals surface area contributed by atoms with Gasteiger partial charge in [-0.25, -0.2) is 13.4 Å². The van der Waals surface area contributed by atoms with E-state index in [0.29, 0.717) is 5.03 Å². The monoisotopic (exact) mass is 296 g/mol. The van der Waals surface area contributed by atoms with Gasteiger partial charge >= 0.3 is 0 Å². The number of pyridine rings is 1. The third-order valence-corrected chi connectivity index (χ3v) is 3.98. The molecular formula is C8H9ClN2O4S2. The maximum Gasteiger partial charge on any atom is 0.275 e. The van der Waals surface area contributed by atoms with Gasteiger partial charge < -0.3 is 0 Å². The van der Waals surface area contributed by atoms with Crippen LogP contribution in [0.4, 0.5) is 5.69 Å². The topological polar surface area (TPSA) is 90.2 Å². The molecule has 0 aliphatic rings. The second-order valence-electron chi connectivity index (χ2n) is 3.22. The minimum atomic E-state index is -3.05. The summed E-state index contributed by atoms with van der Waals surface area (Å²) in [6.07, 6.45) is 1.13. The highest BCUT2D eigenvalue weighted by Crippen LogP contribution is 2.24. The average molecular weight is 297 g/mol. The molecule has 0 radical (unpaired) electrons. The zero-order valence-corrected chi connectivity index (χ0v) is 11.2. The molecule has 0 spiro atoms.